The van der Waals surface area contributed by atoms with Crippen molar-refractivity contribution in [3.05, 3.63) is 64.1 Å². The first-order valence-corrected chi connectivity index (χ1v) is 9.23. The summed E-state index contributed by atoms with van der Waals surface area (Å²) in [7, 11) is 1.62. The topological polar surface area (TPSA) is 49.3 Å². The zero-order valence-electron chi connectivity index (χ0n) is 15.2. The predicted octanol–water partition coefficient (Wildman–Crippen LogP) is 5.36. The lowest BCUT2D eigenvalue weighted by Crippen LogP contribution is -2.38. The molecule has 0 saturated carbocycles. The molecule has 0 radical (unpaired) electrons. The summed E-state index contributed by atoms with van der Waals surface area (Å²) in [5, 5.41) is 9.96. The minimum Gasteiger partial charge on any atom is -0.350 e. The van der Waals surface area contributed by atoms with E-state index in [9.17, 15) is 13.2 Å². The second-order valence-corrected chi connectivity index (χ2v) is 6.93. The molecular weight excluding hydrogens is 500 g/mol. The number of rotatable bonds is 4. The largest absolute Gasteiger partial charge is 0.434 e. The van der Waals surface area contributed by atoms with Crippen LogP contribution < -0.4 is 10.6 Å². The summed E-state index contributed by atoms with van der Waals surface area (Å²) in [6.07, 6.45) is -4.42. The molecule has 3 aromatic rings. The van der Waals surface area contributed by atoms with E-state index in [1.807, 2.05) is 31.2 Å². The second-order valence-electron chi connectivity index (χ2n) is 5.98. The van der Waals surface area contributed by atoms with E-state index in [2.05, 4.69) is 38.8 Å². The highest BCUT2D eigenvalue weighted by Gasteiger charge is 2.33. The molecule has 0 saturated heterocycles. The number of aromatic nitrogens is 1. The van der Waals surface area contributed by atoms with Gasteiger partial charge in [0.15, 0.2) is 11.7 Å². The smallest absolute Gasteiger partial charge is 0.350 e. The first-order chi connectivity index (χ1) is 12.9. The normalized spacial score (nSPS) is 13.1. The minimum absolute atomic E-state index is 0. The van der Waals surface area contributed by atoms with Crippen LogP contribution in [0.4, 0.5) is 13.2 Å². The van der Waals surface area contributed by atoms with Crippen LogP contribution in [0.5, 0.6) is 0 Å². The maximum Gasteiger partial charge on any atom is 0.434 e. The van der Waals surface area contributed by atoms with Gasteiger partial charge in [-0.15, -0.1) is 35.3 Å². The number of hydrogen-bond acceptors (Lipinski definition) is 3. The Morgan fingerprint density at radius 3 is 2.57 bits per heavy atom. The molecule has 9 heteroatoms. The maximum atomic E-state index is 12.6. The average Bonchev–Trinajstić information content (AvgIpc) is 3.14. The number of guanidine groups is 1. The van der Waals surface area contributed by atoms with E-state index in [0.717, 1.165) is 33.1 Å². The molecule has 2 N–H and O–H groups in total. The van der Waals surface area contributed by atoms with Crippen LogP contribution in [-0.2, 0) is 12.7 Å². The third-order valence-corrected chi connectivity index (χ3v) is 4.96. The van der Waals surface area contributed by atoms with Crippen LogP contribution in [0.25, 0.3) is 10.8 Å². The van der Waals surface area contributed by atoms with Gasteiger partial charge in [0.2, 0.25) is 0 Å². The molecule has 0 aliphatic carbocycles. The third-order valence-electron chi connectivity index (χ3n) is 4.12. The van der Waals surface area contributed by atoms with Crippen molar-refractivity contribution in [1.82, 2.24) is 15.6 Å². The van der Waals surface area contributed by atoms with E-state index in [1.165, 1.54) is 0 Å². The van der Waals surface area contributed by atoms with E-state index in [1.54, 1.807) is 7.05 Å². The highest BCUT2D eigenvalue weighted by atomic mass is 127. The van der Waals surface area contributed by atoms with E-state index in [-0.39, 0.29) is 36.6 Å². The van der Waals surface area contributed by atoms with Crippen molar-refractivity contribution in [2.75, 3.05) is 7.05 Å². The molecule has 150 valence electrons. The molecule has 4 nitrogen and oxygen atoms in total. The highest BCUT2D eigenvalue weighted by Crippen LogP contribution is 2.30. The van der Waals surface area contributed by atoms with Gasteiger partial charge in [-0.1, -0.05) is 42.5 Å². The van der Waals surface area contributed by atoms with E-state index < -0.39 is 11.9 Å². The summed E-state index contributed by atoms with van der Waals surface area (Å²) < 4.78 is 37.9. The molecule has 0 aliphatic rings. The fourth-order valence-electron chi connectivity index (χ4n) is 2.79. The van der Waals surface area contributed by atoms with Crippen LogP contribution in [0.1, 0.15) is 29.2 Å². The zero-order valence-corrected chi connectivity index (χ0v) is 18.4. The molecule has 1 unspecified atom stereocenters. The van der Waals surface area contributed by atoms with Crippen molar-refractivity contribution in [2.24, 2.45) is 4.99 Å². The summed E-state index contributed by atoms with van der Waals surface area (Å²) in [4.78, 5) is 7.77. The Bertz CT molecular complexity index is 950. The van der Waals surface area contributed by atoms with Crippen molar-refractivity contribution in [3.8, 4) is 0 Å². The van der Waals surface area contributed by atoms with Crippen molar-refractivity contribution < 1.29 is 13.2 Å². The van der Waals surface area contributed by atoms with Gasteiger partial charge in [-0.3, -0.25) is 4.99 Å². The molecule has 0 bridgehead atoms. The van der Waals surface area contributed by atoms with Crippen molar-refractivity contribution in [2.45, 2.75) is 25.7 Å². The SMILES string of the molecule is CN=C(NCc1nc(C(F)(F)F)cs1)NC(C)c1cccc2ccccc12.I. The fraction of sp³-hybridized carbons (Fsp3) is 0.263. The number of nitrogens with zero attached hydrogens (tertiary/aromatic N) is 2. The molecule has 0 amide bonds. The number of hydrogen-bond donors (Lipinski definition) is 2. The molecule has 1 atom stereocenters. The molecule has 3 rings (SSSR count). The summed E-state index contributed by atoms with van der Waals surface area (Å²) in [6, 6.07) is 14.2. The predicted molar refractivity (Wildman–Crippen MR) is 118 cm³/mol. The van der Waals surface area contributed by atoms with E-state index in [0.29, 0.717) is 11.0 Å². The quantitative estimate of drug-likeness (QED) is 0.277. The molecule has 0 spiro atoms. The Hall–Kier alpha value is -1.88. The Morgan fingerprint density at radius 2 is 1.89 bits per heavy atom. The molecule has 0 fully saturated rings. The Morgan fingerprint density at radius 1 is 1.18 bits per heavy atom. The average molecular weight is 520 g/mol. The monoisotopic (exact) mass is 520 g/mol. The second kappa shape index (κ2) is 9.55. The van der Waals surface area contributed by atoms with Gasteiger partial charge < -0.3 is 10.6 Å². The van der Waals surface area contributed by atoms with E-state index >= 15 is 0 Å². The molecular formula is C19H20F3IN4S. The highest BCUT2D eigenvalue weighted by molar-refractivity contribution is 14.0. The Balaban J connectivity index is 0.00000280. The standard InChI is InChI=1S/C19H19F3N4S.HI/c1-12(14-9-5-7-13-6-3-4-8-15(13)14)25-18(23-2)24-10-17-26-16(11-27-17)19(20,21)22;/h3-9,11-12H,10H2,1-2H3,(H2,23,24,25);1H. The van der Waals surface area contributed by atoms with Gasteiger partial charge >= 0.3 is 6.18 Å². The number of fused-ring (bicyclic) bond motifs is 1. The fourth-order valence-corrected chi connectivity index (χ4v) is 3.53. The minimum atomic E-state index is -4.42. The lowest BCUT2D eigenvalue weighted by Gasteiger charge is -2.19. The summed E-state index contributed by atoms with van der Waals surface area (Å²) >= 11 is 0.970. The molecule has 28 heavy (non-hydrogen) atoms. The van der Waals surface area contributed by atoms with Crippen LogP contribution in [-0.4, -0.2) is 18.0 Å². The number of alkyl halides is 3. The van der Waals surface area contributed by atoms with E-state index in [4.69, 9.17) is 0 Å². The summed E-state index contributed by atoms with van der Waals surface area (Å²) in [5.74, 6) is 0.499. The van der Waals surface area contributed by atoms with Crippen molar-refractivity contribution in [3.63, 3.8) is 0 Å². The number of halogens is 4. The van der Waals surface area contributed by atoms with Crippen LogP contribution in [0.15, 0.2) is 52.8 Å². The Labute approximate surface area is 182 Å². The molecule has 1 aromatic heterocycles. The zero-order chi connectivity index (χ0) is 19.4. The summed E-state index contributed by atoms with van der Waals surface area (Å²) in [6.45, 7) is 2.18. The van der Waals surface area contributed by atoms with Gasteiger partial charge in [0.05, 0.1) is 12.6 Å². The number of aliphatic imine (C=N–C) groups is 1. The first-order valence-electron chi connectivity index (χ1n) is 8.35. The molecule has 0 aliphatic heterocycles. The Kier molecular flexibility index (Phi) is 7.64. The number of thiazole rings is 1. The van der Waals surface area contributed by atoms with Gasteiger partial charge in [0.25, 0.3) is 0 Å². The van der Waals surface area contributed by atoms with Crippen LogP contribution in [0.3, 0.4) is 0 Å². The van der Waals surface area contributed by atoms with Gasteiger partial charge in [0.1, 0.15) is 5.01 Å². The van der Waals surface area contributed by atoms with Crippen molar-refractivity contribution >= 4 is 52.0 Å². The van der Waals surface area contributed by atoms with Crippen molar-refractivity contribution in [1.29, 1.82) is 0 Å². The lowest BCUT2D eigenvalue weighted by molar-refractivity contribution is -0.140. The van der Waals surface area contributed by atoms with Crippen LogP contribution in [0.2, 0.25) is 0 Å². The molecule has 2 aromatic carbocycles. The van der Waals surface area contributed by atoms with Gasteiger partial charge in [0, 0.05) is 12.4 Å². The van der Waals surface area contributed by atoms with Crippen LogP contribution in [0, 0.1) is 0 Å². The lowest BCUT2D eigenvalue weighted by atomic mass is 10.00. The van der Waals surface area contributed by atoms with Gasteiger partial charge in [-0.2, -0.15) is 13.2 Å². The molecule has 1 heterocycles. The third kappa shape index (κ3) is 5.34. The van der Waals surface area contributed by atoms with Gasteiger partial charge in [-0.05, 0) is 23.3 Å². The number of nitrogens with one attached hydrogen (secondary N) is 2. The first kappa shape index (κ1) is 22.4. The maximum absolute atomic E-state index is 12.6. The van der Waals surface area contributed by atoms with Gasteiger partial charge in [-0.25, -0.2) is 4.98 Å². The van der Waals surface area contributed by atoms with Crippen LogP contribution >= 0.6 is 35.3 Å². The summed E-state index contributed by atoms with van der Waals surface area (Å²) in [5.41, 5.74) is 0.251. The number of benzene rings is 2.